The lowest BCUT2D eigenvalue weighted by atomic mass is 9.99. The average molecular weight is 276 g/mol. The molecule has 4 nitrogen and oxygen atoms in total. The standard InChI is InChI=1S/C16H24N2O2/c1-17(2)6-7-18-5-4-13-10-15-16(11-14(13)12-18)20-9-3-8-19-15/h10-11H,3-9,12H2,1-2H3. The van der Waals surface area contributed by atoms with Crippen LogP contribution in [0.15, 0.2) is 12.1 Å². The molecule has 3 rings (SSSR count). The van der Waals surface area contributed by atoms with Gasteiger partial charge in [0, 0.05) is 32.6 Å². The Labute approximate surface area is 121 Å². The maximum absolute atomic E-state index is 5.80. The van der Waals surface area contributed by atoms with Gasteiger partial charge < -0.3 is 14.4 Å². The van der Waals surface area contributed by atoms with Gasteiger partial charge in [0.05, 0.1) is 13.2 Å². The van der Waals surface area contributed by atoms with Crippen LogP contribution in [0.2, 0.25) is 0 Å². The van der Waals surface area contributed by atoms with Crippen molar-refractivity contribution < 1.29 is 9.47 Å². The Hall–Kier alpha value is -1.26. The van der Waals surface area contributed by atoms with E-state index in [1.807, 2.05) is 0 Å². The Kier molecular flexibility index (Phi) is 4.13. The highest BCUT2D eigenvalue weighted by Crippen LogP contribution is 2.35. The zero-order valence-electron chi connectivity index (χ0n) is 12.5. The molecule has 4 heteroatoms. The Morgan fingerprint density at radius 1 is 1.10 bits per heavy atom. The molecule has 0 N–H and O–H groups in total. The lowest BCUT2D eigenvalue weighted by molar-refractivity contribution is 0.224. The van der Waals surface area contributed by atoms with Crippen LogP contribution in [-0.4, -0.2) is 56.7 Å². The van der Waals surface area contributed by atoms with E-state index in [1.165, 1.54) is 11.1 Å². The van der Waals surface area contributed by atoms with Gasteiger partial charge in [0.25, 0.3) is 0 Å². The lowest BCUT2D eigenvalue weighted by Crippen LogP contribution is -2.35. The number of hydrogen-bond donors (Lipinski definition) is 0. The number of ether oxygens (including phenoxy) is 2. The Morgan fingerprint density at radius 2 is 1.80 bits per heavy atom. The van der Waals surface area contributed by atoms with Crippen molar-refractivity contribution in [1.29, 1.82) is 0 Å². The third-order valence-electron chi connectivity index (χ3n) is 4.02. The molecule has 0 bridgehead atoms. The molecule has 2 heterocycles. The van der Waals surface area contributed by atoms with E-state index in [4.69, 9.17) is 9.47 Å². The third-order valence-corrected chi connectivity index (χ3v) is 4.02. The molecule has 0 saturated heterocycles. The zero-order valence-corrected chi connectivity index (χ0v) is 12.5. The van der Waals surface area contributed by atoms with Crippen molar-refractivity contribution >= 4 is 0 Å². The molecule has 0 unspecified atom stereocenters. The maximum Gasteiger partial charge on any atom is 0.161 e. The molecule has 1 aromatic carbocycles. The first-order valence-corrected chi connectivity index (χ1v) is 7.51. The van der Waals surface area contributed by atoms with Crippen LogP contribution in [0.5, 0.6) is 11.5 Å². The number of hydrogen-bond acceptors (Lipinski definition) is 4. The van der Waals surface area contributed by atoms with Gasteiger partial charge in [-0.1, -0.05) is 0 Å². The lowest BCUT2D eigenvalue weighted by Gasteiger charge is -2.30. The smallest absolute Gasteiger partial charge is 0.161 e. The first-order valence-electron chi connectivity index (χ1n) is 7.51. The summed E-state index contributed by atoms with van der Waals surface area (Å²) in [6, 6.07) is 4.39. The normalized spacial score (nSPS) is 18.8. The van der Waals surface area contributed by atoms with Crippen LogP contribution in [0.1, 0.15) is 17.5 Å². The summed E-state index contributed by atoms with van der Waals surface area (Å²) in [6.07, 6.45) is 2.08. The summed E-state index contributed by atoms with van der Waals surface area (Å²) >= 11 is 0. The number of likely N-dealkylation sites (N-methyl/N-ethyl adjacent to an activating group) is 1. The molecular weight excluding hydrogens is 252 g/mol. The molecule has 0 saturated carbocycles. The fourth-order valence-corrected chi connectivity index (χ4v) is 2.80. The molecule has 0 radical (unpaired) electrons. The van der Waals surface area contributed by atoms with Gasteiger partial charge in [0.15, 0.2) is 11.5 Å². The topological polar surface area (TPSA) is 24.9 Å². The van der Waals surface area contributed by atoms with E-state index in [9.17, 15) is 0 Å². The molecule has 2 aliphatic heterocycles. The Balaban J connectivity index is 1.74. The van der Waals surface area contributed by atoms with E-state index in [2.05, 4.69) is 36.0 Å². The van der Waals surface area contributed by atoms with Gasteiger partial charge in [0.2, 0.25) is 0 Å². The second-order valence-electron chi connectivity index (χ2n) is 5.95. The largest absolute Gasteiger partial charge is 0.490 e. The van der Waals surface area contributed by atoms with Crippen molar-refractivity contribution in [3.05, 3.63) is 23.3 Å². The van der Waals surface area contributed by atoms with Gasteiger partial charge in [-0.25, -0.2) is 0 Å². The van der Waals surface area contributed by atoms with E-state index >= 15 is 0 Å². The van der Waals surface area contributed by atoms with Crippen molar-refractivity contribution in [3.63, 3.8) is 0 Å². The molecule has 0 aromatic heterocycles. The summed E-state index contributed by atoms with van der Waals surface area (Å²) in [5.74, 6) is 1.86. The van der Waals surface area contributed by atoms with E-state index in [0.29, 0.717) is 0 Å². The minimum absolute atomic E-state index is 0.760. The number of fused-ring (bicyclic) bond motifs is 2. The van der Waals surface area contributed by atoms with Gasteiger partial charge in [-0.3, -0.25) is 4.90 Å². The molecule has 20 heavy (non-hydrogen) atoms. The first kappa shape index (κ1) is 13.7. The molecule has 0 fully saturated rings. The van der Waals surface area contributed by atoms with Crippen LogP contribution in [0.4, 0.5) is 0 Å². The minimum atomic E-state index is 0.760. The molecular formula is C16H24N2O2. The molecule has 110 valence electrons. The summed E-state index contributed by atoms with van der Waals surface area (Å²) in [5.41, 5.74) is 2.83. The Bertz CT molecular complexity index is 474. The monoisotopic (exact) mass is 276 g/mol. The number of benzene rings is 1. The van der Waals surface area contributed by atoms with Crippen LogP contribution in [0.3, 0.4) is 0 Å². The van der Waals surface area contributed by atoms with E-state index in [0.717, 1.165) is 63.7 Å². The first-order chi connectivity index (χ1) is 9.72. The molecule has 1 aromatic rings. The second-order valence-corrected chi connectivity index (χ2v) is 5.95. The van der Waals surface area contributed by atoms with Crippen molar-refractivity contribution in [2.45, 2.75) is 19.4 Å². The molecule has 0 spiro atoms. The van der Waals surface area contributed by atoms with Crippen LogP contribution in [-0.2, 0) is 13.0 Å². The van der Waals surface area contributed by atoms with Crippen molar-refractivity contribution in [1.82, 2.24) is 9.80 Å². The fraction of sp³-hybridized carbons (Fsp3) is 0.625. The van der Waals surface area contributed by atoms with Gasteiger partial charge in [-0.05, 0) is 43.8 Å². The zero-order chi connectivity index (χ0) is 13.9. The quantitative estimate of drug-likeness (QED) is 0.840. The van der Waals surface area contributed by atoms with Crippen LogP contribution in [0.25, 0.3) is 0 Å². The summed E-state index contributed by atoms with van der Waals surface area (Å²) < 4.78 is 11.6. The van der Waals surface area contributed by atoms with Gasteiger partial charge in [-0.15, -0.1) is 0 Å². The van der Waals surface area contributed by atoms with Crippen LogP contribution in [0, 0.1) is 0 Å². The van der Waals surface area contributed by atoms with E-state index in [-0.39, 0.29) is 0 Å². The molecule has 0 aliphatic carbocycles. The average Bonchev–Trinajstić information content (AvgIpc) is 2.67. The summed E-state index contributed by atoms with van der Waals surface area (Å²) in [6.45, 7) is 5.93. The van der Waals surface area contributed by atoms with Gasteiger partial charge >= 0.3 is 0 Å². The molecule has 0 atom stereocenters. The number of rotatable bonds is 3. The van der Waals surface area contributed by atoms with E-state index in [1.54, 1.807) is 0 Å². The molecule has 0 amide bonds. The van der Waals surface area contributed by atoms with Gasteiger partial charge in [-0.2, -0.15) is 0 Å². The Morgan fingerprint density at radius 3 is 2.50 bits per heavy atom. The highest BCUT2D eigenvalue weighted by molar-refractivity contribution is 5.48. The fourth-order valence-electron chi connectivity index (χ4n) is 2.80. The van der Waals surface area contributed by atoms with Crippen LogP contribution < -0.4 is 9.47 Å². The minimum Gasteiger partial charge on any atom is -0.490 e. The summed E-state index contributed by atoms with van der Waals surface area (Å²) in [7, 11) is 4.26. The maximum atomic E-state index is 5.80. The highest BCUT2D eigenvalue weighted by atomic mass is 16.5. The van der Waals surface area contributed by atoms with Crippen molar-refractivity contribution in [2.24, 2.45) is 0 Å². The predicted molar refractivity (Wildman–Crippen MR) is 79.6 cm³/mol. The SMILES string of the molecule is CN(C)CCN1CCc2cc3c(cc2C1)OCCCO3. The van der Waals surface area contributed by atoms with Crippen LogP contribution >= 0.6 is 0 Å². The third kappa shape index (κ3) is 3.07. The van der Waals surface area contributed by atoms with Crippen molar-refractivity contribution in [3.8, 4) is 11.5 Å². The number of nitrogens with zero attached hydrogens (tertiary/aromatic N) is 2. The van der Waals surface area contributed by atoms with Gasteiger partial charge in [0.1, 0.15) is 0 Å². The van der Waals surface area contributed by atoms with Crippen molar-refractivity contribution in [2.75, 3.05) is 46.9 Å². The highest BCUT2D eigenvalue weighted by Gasteiger charge is 2.20. The summed E-state index contributed by atoms with van der Waals surface area (Å²) in [5, 5.41) is 0. The van der Waals surface area contributed by atoms with E-state index < -0.39 is 0 Å². The summed E-state index contributed by atoms with van der Waals surface area (Å²) in [4.78, 5) is 4.76. The predicted octanol–water partition coefficient (Wildman–Crippen LogP) is 1.77. The second kappa shape index (κ2) is 6.02. The molecule has 2 aliphatic rings.